The maximum Gasteiger partial charge on any atom is 0.147 e. The molecule has 2 aliphatic rings. The number of nitrogens with two attached hydrogens (primary N) is 1. The van der Waals surface area contributed by atoms with Gasteiger partial charge < -0.3 is 10.6 Å². The summed E-state index contributed by atoms with van der Waals surface area (Å²) in [6.07, 6.45) is 5.66. The van der Waals surface area contributed by atoms with Gasteiger partial charge in [0.25, 0.3) is 0 Å². The quantitative estimate of drug-likeness (QED) is 0.898. The molecule has 4 nitrogen and oxygen atoms in total. The van der Waals surface area contributed by atoms with Crippen molar-refractivity contribution in [1.82, 2.24) is 9.88 Å². The third kappa shape index (κ3) is 2.45. The van der Waals surface area contributed by atoms with Gasteiger partial charge in [-0.3, -0.25) is 4.90 Å². The zero-order valence-corrected chi connectivity index (χ0v) is 12.1. The van der Waals surface area contributed by atoms with E-state index in [-0.39, 0.29) is 0 Å². The van der Waals surface area contributed by atoms with Gasteiger partial charge >= 0.3 is 0 Å². The second-order valence-electron chi connectivity index (χ2n) is 5.64. The van der Waals surface area contributed by atoms with Crippen molar-refractivity contribution in [2.75, 3.05) is 25.0 Å². The Bertz CT molecular complexity index is 465. The van der Waals surface area contributed by atoms with Crippen molar-refractivity contribution in [3.8, 4) is 0 Å². The summed E-state index contributed by atoms with van der Waals surface area (Å²) >= 11 is 6.36. The Balaban J connectivity index is 1.82. The Labute approximate surface area is 119 Å². The number of hydrogen-bond donors (Lipinski definition) is 1. The fourth-order valence-electron chi connectivity index (χ4n) is 3.32. The molecule has 2 saturated heterocycles. The molecule has 1 aromatic rings. The van der Waals surface area contributed by atoms with Crippen molar-refractivity contribution in [2.24, 2.45) is 5.73 Å². The summed E-state index contributed by atoms with van der Waals surface area (Å²) in [5.41, 5.74) is 6.61. The van der Waals surface area contributed by atoms with E-state index in [2.05, 4.69) is 21.8 Å². The van der Waals surface area contributed by atoms with Gasteiger partial charge in [0.05, 0.1) is 5.02 Å². The number of nitrogens with zero attached hydrogens (tertiary/aromatic N) is 3. The average Bonchev–Trinajstić information content (AvgIpc) is 2.64. The molecule has 3 rings (SSSR count). The number of halogens is 1. The molecule has 0 saturated carbocycles. The minimum atomic E-state index is 0.487. The van der Waals surface area contributed by atoms with E-state index in [9.17, 15) is 0 Å². The molecule has 5 heteroatoms. The normalized spacial score (nSPS) is 27.6. The van der Waals surface area contributed by atoms with Crippen molar-refractivity contribution in [2.45, 2.75) is 37.9 Å². The van der Waals surface area contributed by atoms with Gasteiger partial charge in [-0.15, -0.1) is 0 Å². The lowest BCUT2D eigenvalue weighted by atomic mass is 10.1. The molecule has 2 unspecified atom stereocenters. The molecular weight excluding hydrogens is 260 g/mol. The van der Waals surface area contributed by atoms with E-state index in [1.807, 2.05) is 12.3 Å². The molecule has 19 heavy (non-hydrogen) atoms. The zero-order chi connectivity index (χ0) is 13.4. The maximum atomic E-state index is 6.36. The predicted octanol–water partition coefficient (Wildman–Crippen LogP) is 1.87. The molecule has 2 atom stereocenters. The highest BCUT2D eigenvalue weighted by Crippen LogP contribution is 2.32. The number of rotatable bonds is 2. The summed E-state index contributed by atoms with van der Waals surface area (Å²) in [4.78, 5) is 9.38. The first-order valence-electron chi connectivity index (χ1n) is 7.00. The molecule has 0 amide bonds. The fraction of sp³-hybridized carbons (Fsp3) is 0.643. The minimum absolute atomic E-state index is 0.487. The van der Waals surface area contributed by atoms with E-state index < -0.39 is 0 Å². The van der Waals surface area contributed by atoms with E-state index in [0.717, 1.165) is 35.5 Å². The Morgan fingerprint density at radius 1 is 1.37 bits per heavy atom. The van der Waals surface area contributed by atoms with Crippen molar-refractivity contribution < 1.29 is 0 Å². The summed E-state index contributed by atoms with van der Waals surface area (Å²) in [7, 11) is 2.25. The van der Waals surface area contributed by atoms with Crippen LogP contribution in [0.4, 0.5) is 5.82 Å². The van der Waals surface area contributed by atoms with Crippen molar-refractivity contribution in [3.63, 3.8) is 0 Å². The highest BCUT2D eigenvalue weighted by atomic mass is 35.5. The monoisotopic (exact) mass is 280 g/mol. The van der Waals surface area contributed by atoms with Crippen LogP contribution in [-0.2, 0) is 6.54 Å². The van der Waals surface area contributed by atoms with Crippen molar-refractivity contribution >= 4 is 17.4 Å². The lowest BCUT2D eigenvalue weighted by Gasteiger charge is -2.27. The number of pyridine rings is 1. The van der Waals surface area contributed by atoms with Gasteiger partial charge in [-0.25, -0.2) is 4.98 Å². The Hall–Kier alpha value is -0.840. The molecule has 3 heterocycles. The van der Waals surface area contributed by atoms with E-state index >= 15 is 0 Å². The van der Waals surface area contributed by atoms with E-state index in [4.69, 9.17) is 17.3 Å². The van der Waals surface area contributed by atoms with E-state index in [1.165, 1.54) is 19.3 Å². The first-order valence-corrected chi connectivity index (χ1v) is 7.38. The van der Waals surface area contributed by atoms with Gasteiger partial charge in [0.15, 0.2) is 0 Å². The zero-order valence-electron chi connectivity index (χ0n) is 11.3. The Morgan fingerprint density at radius 3 is 2.89 bits per heavy atom. The van der Waals surface area contributed by atoms with Gasteiger partial charge in [0.2, 0.25) is 0 Å². The third-order valence-corrected chi connectivity index (χ3v) is 4.84. The number of aromatic nitrogens is 1. The lowest BCUT2D eigenvalue weighted by Crippen LogP contribution is -2.37. The van der Waals surface area contributed by atoms with Gasteiger partial charge in [-0.2, -0.15) is 0 Å². The molecular formula is C14H21ClN4. The first-order chi connectivity index (χ1) is 9.19. The van der Waals surface area contributed by atoms with Crippen LogP contribution in [0.5, 0.6) is 0 Å². The molecule has 0 spiro atoms. The lowest BCUT2D eigenvalue weighted by molar-refractivity contribution is 0.254. The second-order valence-corrected chi connectivity index (χ2v) is 6.05. The van der Waals surface area contributed by atoms with Gasteiger partial charge in [0, 0.05) is 37.9 Å². The molecule has 0 aliphatic carbocycles. The topological polar surface area (TPSA) is 45.4 Å². The van der Waals surface area contributed by atoms with E-state index in [1.54, 1.807) is 0 Å². The molecule has 2 fully saturated rings. The molecule has 2 bridgehead atoms. The fourth-order valence-corrected chi connectivity index (χ4v) is 3.62. The highest BCUT2D eigenvalue weighted by molar-refractivity contribution is 6.33. The van der Waals surface area contributed by atoms with Crippen molar-refractivity contribution in [3.05, 3.63) is 22.8 Å². The summed E-state index contributed by atoms with van der Waals surface area (Å²) in [6, 6.07) is 3.31. The highest BCUT2D eigenvalue weighted by Gasteiger charge is 2.35. The summed E-state index contributed by atoms with van der Waals surface area (Å²) in [5.74, 6) is 0.916. The molecule has 0 aromatic carbocycles. The van der Waals surface area contributed by atoms with Gasteiger partial charge in [-0.05, 0) is 37.9 Å². The maximum absolute atomic E-state index is 6.36. The van der Waals surface area contributed by atoms with Crippen LogP contribution in [0.3, 0.4) is 0 Å². The van der Waals surface area contributed by atoms with Crippen LogP contribution in [0.25, 0.3) is 0 Å². The Kier molecular flexibility index (Phi) is 3.65. The molecule has 2 aliphatic heterocycles. The van der Waals surface area contributed by atoms with Crippen LogP contribution in [0, 0.1) is 0 Å². The predicted molar refractivity (Wildman–Crippen MR) is 78.5 cm³/mol. The minimum Gasteiger partial charge on any atom is -0.354 e. The van der Waals surface area contributed by atoms with Crippen molar-refractivity contribution in [1.29, 1.82) is 0 Å². The van der Waals surface area contributed by atoms with E-state index in [0.29, 0.717) is 12.6 Å². The largest absolute Gasteiger partial charge is 0.354 e. The van der Waals surface area contributed by atoms with Crippen LogP contribution in [0.1, 0.15) is 24.8 Å². The standard InChI is InChI=1S/C14H21ClN4/c1-18-11-2-3-12(18)9-19(5-4-11)14-13(15)6-10(7-16)8-17-14/h6,8,11-12H,2-5,7,9,16H2,1H3. The first kappa shape index (κ1) is 13.2. The van der Waals surface area contributed by atoms with Crippen LogP contribution < -0.4 is 10.6 Å². The van der Waals surface area contributed by atoms with Crippen LogP contribution >= 0.6 is 11.6 Å². The summed E-state index contributed by atoms with van der Waals surface area (Å²) < 4.78 is 0. The SMILES string of the molecule is CN1C2CCC1CN(c1ncc(CN)cc1Cl)CC2. The molecule has 104 valence electrons. The smallest absolute Gasteiger partial charge is 0.147 e. The Morgan fingerprint density at radius 2 is 2.16 bits per heavy atom. The van der Waals surface area contributed by atoms with Gasteiger partial charge in [-0.1, -0.05) is 11.6 Å². The second kappa shape index (κ2) is 5.27. The number of hydrogen-bond acceptors (Lipinski definition) is 4. The van der Waals surface area contributed by atoms with Crippen LogP contribution in [0.2, 0.25) is 5.02 Å². The van der Waals surface area contributed by atoms with Crippen LogP contribution in [0.15, 0.2) is 12.3 Å². The number of fused-ring (bicyclic) bond motifs is 2. The third-order valence-electron chi connectivity index (χ3n) is 4.56. The molecule has 2 N–H and O–H groups in total. The molecule has 0 radical (unpaired) electrons. The molecule has 1 aromatic heterocycles. The number of anilines is 1. The summed E-state index contributed by atoms with van der Waals surface area (Å²) in [6.45, 7) is 2.56. The average molecular weight is 281 g/mol. The summed E-state index contributed by atoms with van der Waals surface area (Å²) in [5, 5.41) is 0.725. The van der Waals surface area contributed by atoms with Gasteiger partial charge in [0.1, 0.15) is 5.82 Å². The van der Waals surface area contributed by atoms with Crippen LogP contribution in [-0.4, -0.2) is 42.1 Å². The number of likely N-dealkylation sites (N-methyl/N-ethyl adjacent to an activating group) is 1.